The summed E-state index contributed by atoms with van der Waals surface area (Å²) in [5.74, 6) is 7.72. The highest BCUT2D eigenvalue weighted by atomic mass is 32.2. The van der Waals surface area contributed by atoms with Crippen molar-refractivity contribution in [2.24, 2.45) is 17.8 Å². The van der Waals surface area contributed by atoms with Gasteiger partial charge in [-0.1, -0.05) is 186 Å². The number of carbonyl (C=O) groups excluding carboxylic acids is 1. The zero-order valence-electron chi connectivity index (χ0n) is 76.6. The van der Waals surface area contributed by atoms with Crippen molar-refractivity contribution < 1.29 is 71.1 Å². The van der Waals surface area contributed by atoms with Gasteiger partial charge in [0.1, 0.15) is 52.6 Å². The molecule has 24 heteroatoms. The second-order valence-electron chi connectivity index (χ2n) is 32.7. The Hall–Kier alpha value is -7.94. The van der Waals surface area contributed by atoms with E-state index in [9.17, 15) is 52.7 Å². The molecular weight excluding hydrogens is 1800 g/mol. The minimum Gasteiger partial charge on any atom is -0.496 e. The van der Waals surface area contributed by atoms with Crippen molar-refractivity contribution in [1.82, 2.24) is 0 Å². The van der Waals surface area contributed by atoms with Gasteiger partial charge in [0.05, 0.1) is 47.7 Å². The van der Waals surface area contributed by atoms with Gasteiger partial charge in [-0.25, -0.2) is 4.79 Å². The summed E-state index contributed by atoms with van der Waals surface area (Å²) in [5.41, 5.74) is -10.1. The molecule has 4 saturated carbocycles. The van der Waals surface area contributed by atoms with Crippen LogP contribution >= 0.6 is 0 Å². The first-order chi connectivity index (χ1) is 61.4. The van der Waals surface area contributed by atoms with Crippen LogP contribution in [0.4, 0.5) is 39.5 Å². The molecule has 1 atom stereocenters. The molecule has 0 radical (unpaired) electrons. The number of unbranched alkanes of at least 4 members (excludes halogenated alkanes) is 3. The van der Waals surface area contributed by atoms with Crippen LogP contribution in [0.15, 0.2) is 333 Å². The number of hydrogen-bond donors (Lipinski definition) is 0. The molecule has 7 nitrogen and oxygen atoms in total. The summed E-state index contributed by atoms with van der Waals surface area (Å²) in [7, 11) is -6.92. The number of hydrogen-bond acceptors (Lipinski definition) is 7. The number of carbonyl (C=O) groups is 1. The summed E-state index contributed by atoms with van der Waals surface area (Å²) in [6, 6.07) is 86.3. The highest BCUT2D eigenvalue weighted by Gasteiger charge is 2.57. The lowest BCUT2D eigenvalue weighted by atomic mass is 9.54. The topological polar surface area (TPSA) is 88.1 Å². The van der Waals surface area contributed by atoms with E-state index in [1.54, 1.807) is 92.7 Å². The minimum absolute atomic E-state index is 0.0220. The lowest BCUT2D eigenvalue weighted by molar-refractivity contribution is -0.188. The second kappa shape index (κ2) is 51.9. The molecule has 4 bridgehead atoms. The van der Waals surface area contributed by atoms with Gasteiger partial charge in [0.25, 0.3) is 0 Å². The molecule has 4 aliphatic rings. The molecule has 692 valence electrons. The van der Waals surface area contributed by atoms with Gasteiger partial charge in [-0.3, -0.25) is 0 Å². The Bertz CT molecular complexity index is 5020. The molecule has 0 saturated heterocycles. The van der Waals surface area contributed by atoms with E-state index in [1.807, 2.05) is 60.7 Å². The Morgan fingerprint density at radius 1 is 0.372 bits per heavy atom. The first-order valence-corrected chi connectivity index (χ1v) is 55.9. The molecule has 11 aromatic carbocycles. The van der Waals surface area contributed by atoms with Crippen molar-refractivity contribution in [2.75, 3.05) is 62.3 Å². The minimum atomic E-state index is -5.73. The molecule has 129 heavy (non-hydrogen) atoms. The Morgan fingerprint density at radius 3 is 0.884 bits per heavy atom. The largest absolute Gasteiger partial charge is 0.586 e. The summed E-state index contributed by atoms with van der Waals surface area (Å²) >= 11 is 0. The first-order valence-electron chi connectivity index (χ1n) is 43.3. The van der Waals surface area contributed by atoms with E-state index in [4.69, 9.17) is 14.2 Å². The monoisotopic (exact) mass is 1930 g/mol. The van der Waals surface area contributed by atoms with Crippen LogP contribution in [0.5, 0.6) is 17.2 Å². The quantitative estimate of drug-likeness (QED) is 0.0167. The molecule has 0 spiro atoms. The fourth-order valence-corrected chi connectivity index (χ4v) is 28.0. The lowest BCUT2D eigenvalue weighted by Crippen LogP contribution is -2.53. The maximum Gasteiger partial charge on any atom is 0.586 e. The van der Waals surface area contributed by atoms with Crippen molar-refractivity contribution in [3.05, 3.63) is 312 Å². The molecule has 0 heterocycles. The smallest absolute Gasteiger partial charge is 0.496 e. The number of halogens is 9. The van der Waals surface area contributed by atoms with Gasteiger partial charge in [0, 0.05) is 47.3 Å². The van der Waals surface area contributed by atoms with Crippen LogP contribution < -0.4 is 13.7 Å². The molecule has 0 aliphatic heterocycles. The molecule has 11 aromatic rings. The van der Waals surface area contributed by atoms with Gasteiger partial charge >= 0.3 is 32.6 Å². The van der Waals surface area contributed by atoms with E-state index >= 15 is 0 Å². The van der Waals surface area contributed by atoms with Gasteiger partial charge < -0.3 is 18.4 Å². The zero-order valence-corrected chi connectivity index (χ0v) is 83.2. The van der Waals surface area contributed by atoms with Crippen molar-refractivity contribution in [1.29, 1.82) is 0 Å². The second-order valence-corrected chi connectivity index (χ2v) is 49.3. The Labute approximate surface area is 782 Å². The number of methoxy groups -OCH3 is 1. The molecule has 0 amide bonds. The van der Waals surface area contributed by atoms with Crippen LogP contribution in [0.3, 0.4) is 0 Å². The number of esters is 1. The van der Waals surface area contributed by atoms with Gasteiger partial charge in [0.15, 0.2) is 82.2 Å². The van der Waals surface area contributed by atoms with Crippen molar-refractivity contribution in [2.45, 2.75) is 215 Å². The molecule has 1 unspecified atom stereocenters. The highest BCUT2D eigenvalue weighted by Crippen LogP contribution is 2.57. The third-order valence-corrected chi connectivity index (χ3v) is 34.2. The van der Waals surface area contributed by atoms with E-state index in [0.29, 0.717) is 59.6 Å². The summed E-state index contributed by atoms with van der Waals surface area (Å²) in [4.78, 5) is 22.3. The number of alkyl halides is 9. The summed E-state index contributed by atoms with van der Waals surface area (Å²) in [6.07, 6.45) is 26.7. The summed E-state index contributed by atoms with van der Waals surface area (Å²) in [5, 5.41) is 0. The molecule has 15 rings (SSSR count). The van der Waals surface area contributed by atoms with Crippen LogP contribution in [0.2, 0.25) is 0 Å². The van der Waals surface area contributed by atoms with Gasteiger partial charge in [-0.15, -0.1) is 26.3 Å². The molecule has 4 fully saturated rings. The number of benzene rings is 11. The van der Waals surface area contributed by atoms with Crippen molar-refractivity contribution in [3.8, 4) is 17.2 Å². The zero-order chi connectivity index (χ0) is 94.1. The van der Waals surface area contributed by atoms with Crippen LogP contribution in [-0.4, -0.2) is 98.8 Å². The van der Waals surface area contributed by atoms with Crippen LogP contribution in [-0.2, 0) is 95.9 Å². The third-order valence-electron chi connectivity index (χ3n) is 21.2. The third kappa shape index (κ3) is 33.0. The van der Waals surface area contributed by atoms with Gasteiger partial charge in [-0.2, -0.15) is 21.6 Å². The number of ether oxygens (including phenoxy) is 3. The first kappa shape index (κ1) is 106. The van der Waals surface area contributed by atoms with E-state index in [0.717, 1.165) is 79.5 Å². The lowest BCUT2D eigenvalue weighted by Gasteiger charge is -2.55. The van der Waals surface area contributed by atoms with Crippen molar-refractivity contribution >= 4 is 92.4 Å². The molecule has 0 N–H and O–H groups in total. The van der Waals surface area contributed by atoms with E-state index < -0.39 is 59.3 Å². The Balaban J connectivity index is 0.000000199. The molecule has 4 aliphatic carbocycles. The maximum absolute atomic E-state index is 13.5. The number of rotatable bonds is 27. The Kier molecular flexibility index (Phi) is 42.8. The fraction of sp³-hybridized carbons (Fsp3) is 0.362. The number of aryl methyl sites for hydroxylation is 6. The van der Waals surface area contributed by atoms with E-state index in [1.165, 1.54) is 152 Å². The van der Waals surface area contributed by atoms with Crippen LogP contribution in [0.25, 0.3) is 0 Å². The van der Waals surface area contributed by atoms with Gasteiger partial charge in [-0.05, 0) is 269 Å². The fourth-order valence-electron chi connectivity index (χ4n) is 16.0. The van der Waals surface area contributed by atoms with E-state index in [2.05, 4.69) is 173 Å². The normalized spacial score (nSPS) is 15.8. The van der Waals surface area contributed by atoms with E-state index in [-0.39, 0.29) is 44.6 Å². The van der Waals surface area contributed by atoms with Crippen molar-refractivity contribution in [3.63, 3.8) is 0 Å². The summed E-state index contributed by atoms with van der Waals surface area (Å²) in [6.45, 7) is 17.7. The van der Waals surface area contributed by atoms with Crippen LogP contribution in [0, 0.1) is 59.3 Å². The Morgan fingerprint density at radius 2 is 0.628 bits per heavy atom. The van der Waals surface area contributed by atoms with Crippen LogP contribution in [0.1, 0.15) is 131 Å². The molecular formula is C105H126F9O7S8+7. The summed E-state index contributed by atoms with van der Waals surface area (Å²) < 4.78 is 163. The average molecular weight is 1930 g/mol. The standard InChI is InChI=1S/C32H35O3S.C21H18F3O3S2.C16H16F3OS.C13H10F3S.C12H27S.C8H11S.C3H9S/c1-22-13-29(36(27-9-5-3-6-10-27)28-11-7-4-8-12-28)14-23(2)31(22)34-21-30(33)35-32-18-24-15-25(19-32)17-26(16-24)20-32;1-15-13-19(14-16(2)20(15)27-29(25,26)21(22,23)24)28(17-9-5-3-6-10-17)18-11-7-4-8-12-18;1-11-9-14(10-12(2)15(11)20-3)21(16(17,18)19)13-7-5-4-6-8-13;14-13(15,16)17(11-7-3-1-4-8-11)12-9-5-2-6-10-12;1-4-7-10-13(11-8-5-2)12-9-6-3;1-9(2)8-6-4-3-5-7-8;1-4(2)3/h3-14,24-26H,15-21H2,1-2H3;3-14H,1-2H3;4-10H,1-3H3;1-10H;4-12H2,1-3H3;3-7H,1-2H3;1-3H3/q7*+1. The SMILES string of the molecule is CCCC[S+](CCCC)CCCC.COc1c(C)cc([S+](c2ccccc2)C(F)(F)F)cc1C.C[S+](C)C.C[S+](C)c1ccccc1.Cc1cc([S+](c2ccccc2)c2ccccc2)cc(C)c1OCC(=O)OC12CC3CC(CC(C3)C1)C2.Cc1cc([S+](c2ccccc2)c2ccccc2)cc(C)c1OS(=O)(=O)C(F)(F)F.FC(F)(F)[S+](c1ccccc1)c1ccccc1. The van der Waals surface area contributed by atoms with Gasteiger partial charge in [0.2, 0.25) is 0 Å². The maximum atomic E-state index is 13.5. The predicted octanol–water partition coefficient (Wildman–Crippen LogP) is 28.5. The predicted molar refractivity (Wildman–Crippen MR) is 527 cm³/mol. The highest BCUT2D eigenvalue weighted by molar-refractivity contribution is 7.99. The average Bonchev–Trinajstić information content (AvgIpc) is 0.748. The molecule has 0 aromatic heterocycles.